The number of aromatic nitrogens is 1. The Hall–Kier alpha value is -1.62. The quantitative estimate of drug-likeness (QED) is 0.911. The highest BCUT2D eigenvalue weighted by atomic mass is 16.5. The van der Waals surface area contributed by atoms with Crippen LogP contribution in [0.4, 0.5) is 5.82 Å². The number of hydrogen-bond donors (Lipinski definition) is 1. The van der Waals surface area contributed by atoms with Crippen molar-refractivity contribution in [2.24, 2.45) is 5.41 Å². The Bertz CT molecular complexity index is 462. The third-order valence-electron chi connectivity index (χ3n) is 3.28. The maximum absolute atomic E-state index is 11.9. The molecule has 2 rings (SSSR count). The van der Waals surface area contributed by atoms with Crippen molar-refractivity contribution in [3.8, 4) is 0 Å². The Morgan fingerprint density at radius 1 is 1.40 bits per heavy atom. The number of nitrogens with zero attached hydrogens (tertiary/aromatic N) is 2. The number of pyridine rings is 1. The van der Waals surface area contributed by atoms with E-state index in [0.29, 0.717) is 6.54 Å². The zero-order valence-electron chi connectivity index (χ0n) is 12.5. The van der Waals surface area contributed by atoms with Crippen molar-refractivity contribution in [3.63, 3.8) is 0 Å². The number of carbonyl (C=O) groups excluding carboxylic acids is 1. The molecule has 0 aromatic carbocycles. The number of nitrogens with one attached hydrogen (secondary N) is 1. The molecule has 110 valence electrons. The molecule has 0 atom stereocenters. The Morgan fingerprint density at radius 3 is 2.75 bits per heavy atom. The fourth-order valence-corrected chi connectivity index (χ4v) is 1.98. The molecule has 0 saturated carbocycles. The summed E-state index contributed by atoms with van der Waals surface area (Å²) >= 11 is 0. The average Bonchev–Trinajstić information content (AvgIpc) is 2.45. The van der Waals surface area contributed by atoms with E-state index in [4.69, 9.17) is 4.74 Å². The van der Waals surface area contributed by atoms with Crippen LogP contribution in [0.3, 0.4) is 0 Å². The summed E-state index contributed by atoms with van der Waals surface area (Å²) in [6.07, 6.45) is 1.80. The molecule has 1 N–H and O–H groups in total. The largest absolute Gasteiger partial charge is 0.378 e. The van der Waals surface area contributed by atoms with Crippen LogP contribution < -0.4 is 10.2 Å². The molecule has 0 unspecified atom stereocenters. The number of rotatable bonds is 3. The van der Waals surface area contributed by atoms with Gasteiger partial charge in [-0.2, -0.15) is 0 Å². The van der Waals surface area contributed by atoms with Crippen LogP contribution >= 0.6 is 0 Å². The molecule has 5 nitrogen and oxygen atoms in total. The average molecular weight is 277 g/mol. The molecule has 1 aliphatic heterocycles. The third-order valence-corrected chi connectivity index (χ3v) is 3.28. The lowest BCUT2D eigenvalue weighted by Gasteiger charge is -2.28. The maximum atomic E-state index is 11.9. The molecule has 0 aliphatic carbocycles. The van der Waals surface area contributed by atoms with E-state index in [1.165, 1.54) is 0 Å². The van der Waals surface area contributed by atoms with Gasteiger partial charge < -0.3 is 15.0 Å². The fourth-order valence-electron chi connectivity index (χ4n) is 1.98. The van der Waals surface area contributed by atoms with Gasteiger partial charge in [0.1, 0.15) is 5.82 Å². The minimum atomic E-state index is -0.361. The van der Waals surface area contributed by atoms with Gasteiger partial charge in [0.05, 0.1) is 13.2 Å². The molecule has 1 aromatic heterocycles. The van der Waals surface area contributed by atoms with E-state index >= 15 is 0 Å². The smallest absolute Gasteiger partial charge is 0.225 e. The number of amides is 1. The molecule has 1 aliphatic rings. The summed E-state index contributed by atoms with van der Waals surface area (Å²) in [6.45, 7) is 9.49. The second-order valence-electron chi connectivity index (χ2n) is 6.05. The van der Waals surface area contributed by atoms with Crippen LogP contribution in [-0.2, 0) is 16.1 Å². The van der Waals surface area contributed by atoms with Gasteiger partial charge in [0, 0.05) is 31.2 Å². The summed E-state index contributed by atoms with van der Waals surface area (Å²) in [6, 6.07) is 3.97. The molecule has 0 spiro atoms. The van der Waals surface area contributed by atoms with Gasteiger partial charge >= 0.3 is 0 Å². The summed E-state index contributed by atoms with van der Waals surface area (Å²) in [5.41, 5.74) is 0.708. The van der Waals surface area contributed by atoms with Gasteiger partial charge in [0.15, 0.2) is 0 Å². The first-order valence-corrected chi connectivity index (χ1v) is 7.03. The Balaban J connectivity index is 1.97. The molecule has 1 fully saturated rings. The molecule has 5 heteroatoms. The van der Waals surface area contributed by atoms with Gasteiger partial charge in [-0.3, -0.25) is 4.79 Å². The van der Waals surface area contributed by atoms with Crippen molar-refractivity contribution in [2.45, 2.75) is 27.3 Å². The van der Waals surface area contributed by atoms with Gasteiger partial charge in [-0.25, -0.2) is 4.98 Å². The minimum absolute atomic E-state index is 0.0576. The summed E-state index contributed by atoms with van der Waals surface area (Å²) in [7, 11) is 0. The predicted molar refractivity (Wildman–Crippen MR) is 78.6 cm³/mol. The molecule has 20 heavy (non-hydrogen) atoms. The molecule has 1 aromatic rings. The fraction of sp³-hybridized carbons (Fsp3) is 0.600. The van der Waals surface area contributed by atoms with Crippen LogP contribution in [-0.4, -0.2) is 37.2 Å². The molecular weight excluding hydrogens is 254 g/mol. The highest BCUT2D eigenvalue weighted by Crippen LogP contribution is 2.16. The molecule has 0 radical (unpaired) electrons. The summed E-state index contributed by atoms with van der Waals surface area (Å²) < 4.78 is 5.34. The predicted octanol–water partition coefficient (Wildman–Crippen LogP) is 1.58. The lowest BCUT2D eigenvalue weighted by Crippen LogP contribution is -2.37. The van der Waals surface area contributed by atoms with Crippen molar-refractivity contribution >= 4 is 11.7 Å². The van der Waals surface area contributed by atoms with Gasteiger partial charge in [0.2, 0.25) is 5.91 Å². The van der Waals surface area contributed by atoms with E-state index in [9.17, 15) is 4.79 Å². The first-order chi connectivity index (χ1) is 9.47. The number of ether oxygens (including phenoxy) is 1. The van der Waals surface area contributed by atoms with Crippen molar-refractivity contribution < 1.29 is 9.53 Å². The summed E-state index contributed by atoms with van der Waals surface area (Å²) in [5.74, 6) is 1.01. The van der Waals surface area contributed by atoms with Gasteiger partial charge in [-0.1, -0.05) is 20.8 Å². The molecule has 1 saturated heterocycles. The van der Waals surface area contributed by atoms with E-state index in [-0.39, 0.29) is 11.3 Å². The highest BCUT2D eigenvalue weighted by Gasteiger charge is 2.20. The lowest BCUT2D eigenvalue weighted by atomic mass is 9.95. The zero-order valence-corrected chi connectivity index (χ0v) is 12.5. The Kier molecular flexibility index (Phi) is 4.60. The van der Waals surface area contributed by atoms with Crippen molar-refractivity contribution in [2.75, 3.05) is 31.2 Å². The standard InChI is InChI=1S/C15H23N3O2/c1-15(2,3)14(19)17-11-12-4-5-16-13(10-12)18-6-8-20-9-7-18/h4-5,10H,6-9,11H2,1-3H3,(H,17,19). The van der Waals surface area contributed by atoms with E-state index in [1.54, 1.807) is 6.20 Å². The van der Waals surface area contributed by atoms with Gasteiger partial charge in [-0.15, -0.1) is 0 Å². The second-order valence-corrected chi connectivity index (χ2v) is 6.05. The van der Waals surface area contributed by atoms with Crippen molar-refractivity contribution in [1.82, 2.24) is 10.3 Å². The van der Waals surface area contributed by atoms with Gasteiger partial charge in [0.25, 0.3) is 0 Å². The Morgan fingerprint density at radius 2 is 2.10 bits per heavy atom. The minimum Gasteiger partial charge on any atom is -0.378 e. The van der Waals surface area contributed by atoms with Gasteiger partial charge in [-0.05, 0) is 17.7 Å². The topological polar surface area (TPSA) is 54.5 Å². The van der Waals surface area contributed by atoms with Crippen LogP contribution in [0.5, 0.6) is 0 Å². The zero-order chi connectivity index (χ0) is 14.6. The van der Waals surface area contributed by atoms with Crippen LogP contribution in [0.2, 0.25) is 0 Å². The van der Waals surface area contributed by atoms with Crippen molar-refractivity contribution in [3.05, 3.63) is 23.9 Å². The number of morpholine rings is 1. The van der Waals surface area contributed by atoms with Crippen LogP contribution in [0, 0.1) is 5.41 Å². The van der Waals surface area contributed by atoms with Crippen LogP contribution in [0.15, 0.2) is 18.3 Å². The van der Waals surface area contributed by atoms with Crippen LogP contribution in [0.1, 0.15) is 26.3 Å². The lowest BCUT2D eigenvalue weighted by molar-refractivity contribution is -0.128. The summed E-state index contributed by atoms with van der Waals surface area (Å²) in [4.78, 5) is 18.5. The molecule has 1 amide bonds. The Labute approximate surface area is 120 Å². The SMILES string of the molecule is CC(C)(C)C(=O)NCc1ccnc(N2CCOCC2)c1. The van der Waals surface area contributed by atoms with E-state index in [2.05, 4.69) is 15.2 Å². The highest BCUT2D eigenvalue weighted by molar-refractivity contribution is 5.81. The maximum Gasteiger partial charge on any atom is 0.225 e. The first-order valence-electron chi connectivity index (χ1n) is 7.03. The molecule has 0 bridgehead atoms. The third kappa shape index (κ3) is 3.93. The molecule has 2 heterocycles. The normalized spacial score (nSPS) is 16.1. The van der Waals surface area contributed by atoms with E-state index in [0.717, 1.165) is 37.7 Å². The van der Waals surface area contributed by atoms with E-state index in [1.807, 2.05) is 32.9 Å². The summed E-state index contributed by atoms with van der Waals surface area (Å²) in [5, 5.41) is 2.96. The van der Waals surface area contributed by atoms with Crippen molar-refractivity contribution in [1.29, 1.82) is 0 Å². The monoisotopic (exact) mass is 277 g/mol. The molecular formula is C15H23N3O2. The number of carbonyl (C=O) groups is 1. The number of hydrogen-bond acceptors (Lipinski definition) is 4. The van der Waals surface area contributed by atoms with E-state index < -0.39 is 0 Å². The van der Waals surface area contributed by atoms with Crippen LogP contribution in [0.25, 0.3) is 0 Å². The first kappa shape index (κ1) is 14.8. The number of anilines is 1. The second kappa shape index (κ2) is 6.22.